The molecule has 4 heterocycles. The molecule has 4 rings (SSSR count). The molecule has 0 bridgehead atoms. The van der Waals surface area contributed by atoms with E-state index in [1.807, 2.05) is 0 Å². The van der Waals surface area contributed by atoms with Crippen LogP contribution < -0.4 is 5.32 Å². The number of hydrogen-bond acceptors (Lipinski definition) is 7. The molecule has 0 radical (unpaired) electrons. The standard InChI is InChI=1S/C15H16FN5O3/c16-10-6-17-14(18-7-10)20-11-5-15(23-8-11)2-4-21(9-15)13(22)12-1-3-19-24-12/h1,3,6-7,11H,2,4-5,8-9H2,(H,17,18,20). The van der Waals surface area contributed by atoms with Crippen molar-refractivity contribution in [1.29, 1.82) is 0 Å². The Labute approximate surface area is 137 Å². The highest BCUT2D eigenvalue weighted by atomic mass is 19.1. The van der Waals surface area contributed by atoms with Gasteiger partial charge in [0.2, 0.25) is 11.7 Å². The fourth-order valence-corrected chi connectivity index (χ4v) is 3.29. The molecule has 126 valence electrons. The number of anilines is 1. The molecule has 2 atom stereocenters. The highest BCUT2D eigenvalue weighted by Crippen LogP contribution is 2.36. The third-order valence-corrected chi connectivity index (χ3v) is 4.41. The van der Waals surface area contributed by atoms with Gasteiger partial charge in [0.05, 0.1) is 43.4 Å². The van der Waals surface area contributed by atoms with Gasteiger partial charge in [-0.25, -0.2) is 14.4 Å². The van der Waals surface area contributed by atoms with Crippen LogP contribution in [0, 0.1) is 5.82 Å². The first-order valence-corrected chi connectivity index (χ1v) is 7.72. The van der Waals surface area contributed by atoms with E-state index in [4.69, 9.17) is 9.26 Å². The molecule has 1 N–H and O–H groups in total. The van der Waals surface area contributed by atoms with Gasteiger partial charge < -0.3 is 19.5 Å². The summed E-state index contributed by atoms with van der Waals surface area (Å²) in [5.74, 6) is -0.0441. The molecule has 2 saturated heterocycles. The number of nitrogens with zero attached hydrogens (tertiary/aromatic N) is 4. The molecule has 2 aromatic heterocycles. The van der Waals surface area contributed by atoms with Crippen LogP contribution in [0.1, 0.15) is 23.4 Å². The van der Waals surface area contributed by atoms with Gasteiger partial charge in [-0.1, -0.05) is 5.16 Å². The number of likely N-dealkylation sites (tertiary alicyclic amines) is 1. The van der Waals surface area contributed by atoms with Crippen molar-refractivity contribution in [1.82, 2.24) is 20.0 Å². The third kappa shape index (κ3) is 2.82. The van der Waals surface area contributed by atoms with Crippen molar-refractivity contribution in [2.45, 2.75) is 24.5 Å². The van der Waals surface area contributed by atoms with Crippen molar-refractivity contribution >= 4 is 11.9 Å². The monoisotopic (exact) mass is 333 g/mol. The van der Waals surface area contributed by atoms with Crippen LogP contribution in [0.5, 0.6) is 0 Å². The highest BCUT2D eigenvalue weighted by molar-refractivity contribution is 5.91. The Balaban J connectivity index is 1.37. The zero-order valence-corrected chi connectivity index (χ0v) is 12.8. The number of amides is 1. The molecule has 2 aliphatic rings. The first-order valence-electron chi connectivity index (χ1n) is 7.72. The lowest BCUT2D eigenvalue weighted by molar-refractivity contribution is 0.0120. The van der Waals surface area contributed by atoms with Crippen molar-refractivity contribution < 1.29 is 18.4 Å². The van der Waals surface area contributed by atoms with Gasteiger partial charge in [-0.3, -0.25) is 4.79 Å². The topological polar surface area (TPSA) is 93.4 Å². The molecule has 2 fully saturated rings. The van der Waals surface area contributed by atoms with Crippen LogP contribution in [-0.4, -0.2) is 57.3 Å². The normalized spacial score (nSPS) is 26.2. The first-order chi connectivity index (χ1) is 11.6. The summed E-state index contributed by atoms with van der Waals surface area (Å²) in [5, 5.41) is 6.71. The van der Waals surface area contributed by atoms with Gasteiger partial charge in [0.25, 0.3) is 5.91 Å². The minimum atomic E-state index is -0.475. The third-order valence-electron chi connectivity index (χ3n) is 4.41. The van der Waals surface area contributed by atoms with E-state index in [9.17, 15) is 9.18 Å². The molecule has 0 saturated carbocycles. The van der Waals surface area contributed by atoms with Crippen LogP contribution in [0.3, 0.4) is 0 Å². The number of carbonyl (C=O) groups is 1. The van der Waals surface area contributed by atoms with Crippen LogP contribution >= 0.6 is 0 Å². The van der Waals surface area contributed by atoms with E-state index in [1.165, 1.54) is 6.20 Å². The molecule has 2 aliphatic heterocycles. The van der Waals surface area contributed by atoms with Crippen molar-refractivity contribution in [2.24, 2.45) is 0 Å². The summed E-state index contributed by atoms with van der Waals surface area (Å²) in [5.41, 5.74) is -0.368. The summed E-state index contributed by atoms with van der Waals surface area (Å²) >= 11 is 0. The number of hydrogen-bond donors (Lipinski definition) is 1. The molecule has 0 aliphatic carbocycles. The lowest BCUT2D eigenvalue weighted by Crippen LogP contribution is -2.36. The molecule has 0 aromatic carbocycles. The number of ether oxygens (including phenoxy) is 1. The maximum atomic E-state index is 12.8. The van der Waals surface area contributed by atoms with E-state index < -0.39 is 5.82 Å². The number of carbonyl (C=O) groups excluding carboxylic acids is 1. The van der Waals surface area contributed by atoms with E-state index in [2.05, 4.69) is 20.4 Å². The molecule has 24 heavy (non-hydrogen) atoms. The minimum absolute atomic E-state index is 0.0239. The predicted molar refractivity (Wildman–Crippen MR) is 79.7 cm³/mol. The number of halogens is 1. The summed E-state index contributed by atoms with van der Waals surface area (Å²) < 4.78 is 23.8. The largest absolute Gasteiger partial charge is 0.371 e. The second-order valence-corrected chi connectivity index (χ2v) is 6.12. The highest BCUT2D eigenvalue weighted by Gasteiger charge is 2.47. The predicted octanol–water partition coefficient (Wildman–Crippen LogP) is 1.09. The van der Waals surface area contributed by atoms with Gasteiger partial charge in [-0.2, -0.15) is 0 Å². The summed E-state index contributed by atoms with van der Waals surface area (Å²) in [4.78, 5) is 21.8. The maximum Gasteiger partial charge on any atom is 0.292 e. The van der Waals surface area contributed by atoms with Crippen LogP contribution in [0.2, 0.25) is 0 Å². The Kier molecular flexibility index (Phi) is 3.64. The first kappa shape index (κ1) is 15.0. The van der Waals surface area contributed by atoms with E-state index in [1.54, 1.807) is 11.0 Å². The summed E-state index contributed by atoms with van der Waals surface area (Å²) in [6.07, 6.45) is 5.18. The quantitative estimate of drug-likeness (QED) is 0.898. The van der Waals surface area contributed by atoms with Gasteiger partial charge in [0, 0.05) is 19.0 Å². The van der Waals surface area contributed by atoms with Crippen LogP contribution in [-0.2, 0) is 4.74 Å². The van der Waals surface area contributed by atoms with Crippen LogP contribution in [0.25, 0.3) is 0 Å². The molecular formula is C15H16FN5O3. The van der Waals surface area contributed by atoms with Gasteiger partial charge in [-0.05, 0) is 6.42 Å². The lowest BCUT2D eigenvalue weighted by Gasteiger charge is -2.23. The Bertz CT molecular complexity index is 723. The number of aromatic nitrogens is 3. The Morgan fingerprint density at radius 1 is 1.42 bits per heavy atom. The van der Waals surface area contributed by atoms with E-state index in [0.717, 1.165) is 25.2 Å². The smallest absolute Gasteiger partial charge is 0.292 e. The molecule has 2 unspecified atom stereocenters. The fraction of sp³-hybridized carbons (Fsp3) is 0.467. The van der Waals surface area contributed by atoms with Gasteiger partial charge in [-0.15, -0.1) is 0 Å². The number of nitrogens with one attached hydrogen (secondary N) is 1. The lowest BCUT2D eigenvalue weighted by atomic mass is 9.97. The van der Waals surface area contributed by atoms with Gasteiger partial charge in [0.1, 0.15) is 0 Å². The molecule has 8 nitrogen and oxygen atoms in total. The Hall–Kier alpha value is -2.55. The van der Waals surface area contributed by atoms with Crippen LogP contribution in [0.15, 0.2) is 29.2 Å². The molecule has 1 amide bonds. The number of rotatable bonds is 3. The Morgan fingerprint density at radius 2 is 2.25 bits per heavy atom. The van der Waals surface area contributed by atoms with Crippen molar-refractivity contribution in [3.8, 4) is 0 Å². The van der Waals surface area contributed by atoms with E-state index in [0.29, 0.717) is 25.6 Å². The second-order valence-electron chi connectivity index (χ2n) is 6.12. The van der Waals surface area contributed by atoms with Gasteiger partial charge >= 0.3 is 0 Å². The SMILES string of the molecule is O=C(c1ccno1)N1CCC2(CC(Nc3ncc(F)cn3)CO2)C1. The van der Waals surface area contributed by atoms with E-state index in [-0.39, 0.29) is 23.3 Å². The maximum absolute atomic E-state index is 12.8. The fourth-order valence-electron chi connectivity index (χ4n) is 3.29. The summed E-state index contributed by atoms with van der Waals surface area (Å²) in [7, 11) is 0. The minimum Gasteiger partial charge on any atom is -0.371 e. The summed E-state index contributed by atoms with van der Waals surface area (Å²) in [6.45, 7) is 1.61. The zero-order chi connectivity index (χ0) is 16.6. The zero-order valence-electron chi connectivity index (χ0n) is 12.8. The van der Waals surface area contributed by atoms with E-state index >= 15 is 0 Å². The molecule has 2 aromatic rings. The average molecular weight is 333 g/mol. The van der Waals surface area contributed by atoms with Crippen molar-refractivity contribution in [2.75, 3.05) is 25.0 Å². The van der Waals surface area contributed by atoms with Crippen LogP contribution in [0.4, 0.5) is 10.3 Å². The average Bonchev–Trinajstić information content (AvgIpc) is 3.32. The second kappa shape index (κ2) is 5.82. The van der Waals surface area contributed by atoms with Gasteiger partial charge in [0.15, 0.2) is 5.82 Å². The molecule has 9 heteroatoms. The van der Waals surface area contributed by atoms with Crippen molar-refractivity contribution in [3.63, 3.8) is 0 Å². The molecule has 1 spiro atoms. The Morgan fingerprint density at radius 3 is 3.00 bits per heavy atom. The van der Waals surface area contributed by atoms with Crippen molar-refractivity contribution in [3.05, 3.63) is 36.2 Å². The summed E-state index contributed by atoms with van der Waals surface area (Å²) in [6, 6.07) is 1.58. The molecular weight excluding hydrogens is 317 g/mol.